The van der Waals surface area contributed by atoms with Crippen molar-refractivity contribution < 1.29 is 23.8 Å². The third-order valence-corrected chi connectivity index (χ3v) is 6.63. The number of carbonyl (C=O) groups is 1. The zero-order chi connectivity index (χ0) is 26.9. The van der Waals surface area contributed by atoms with Crippen molar-refractivity contribution in [2.24, 2.45) is 0 Å². The van der Waals surface area contributed by atoms with E-state index in [4.69, 9.17) is 9.47 Å². The summed E-state index contributed by atoms with van der Waals surface area (Å²) >= 11 is 0. The van der Waals surface area contributed by atoms with Crippen molar-refractivity contribution in [3.63, 3.8) is 0 Å². The summed E-state index contributed by atoms with van der Waals surface area (Å²) in [6.45, 7) is 7.93. The molecule has 0 bridgehead atoms. The third-order valence-electron chi connectivity index (χ3n) is 6.63. The number of benzene rings is 2. The van der Waals surface area contributed by atoms with Crippen molar-refractivity contribution in [2.75, 3.05) is 36.4 Å². The highest BCUT2D eigenvalue weighted by molar-refractivity contribution is 5.86. The number of hydrogen-bond acceptors (Lipinski definition) is 8. The number of hydrogen-bond donors (Lipinski definition) is 2. The van der Waals surface area contributed by atoms with E-state index in [2.05, 4.69) is 20.2 Å². The second-order valence-corrected chi connectivity index (χ2v) is 10.9. The van der Waals surface area contributed by atoms with Gasteiger partial charge in [0.05, 0.1) is 17.3 Å². The molecule has 1 amide bonds. The molecule has 5 rings (SSSR count). The molecule has 2 N–H and O–H groups in total. The van der Waals surface area contributed by atoms with Crippen molar-refractivity contribution in [1.82, 2.24) is 14.9 Å². The van der Waals surface area contributed by atoms with Gasteiger partial charge < -0.3 is 29.7 Å². The predicted octanol–water partition coefficient (Wildman–Crippen LogP) is 4.86. The molecule has 0 spiro atoms. The van der Waals surface area contributed by atoms with Gasteiger partial charge in [-0.05, 0) is 51.5 Å². The van der Waals surface area contributed by atoms with Crippen LogP contribution in [0.25, 0.3) is 10.9 Å². The number of anilines is 3. The summed E-state index contributed by atoms with van der Waals surface area (Å²) in [6, 6.07) is 10.0. The van der Waals surface area contributed by atoms with E-state index in [0.717, 1.165) is 17.6 Å². The van der Waals surface area contributed by atoms with E-state index in [1.165, 1.54) is 12.1 Å². The Kier molecular flexibility index (Phi) is 7.25. The minimum atomic E-state index is -0.533. The standard InChI is InChI=1S/C28H34FN5O4/c1-28(2,3)38-27(36)33-11-8-22(9-12-33)37-25-15-23-18(13-24(25)34-10-7-21(35)17-34)16-30-26(32-23)31-20-6-4-5-19(29)14-20/h4-6,13-16,21-22,35H,7-12,17H2,1-3H3,(H,30,31,32)/t21-/m1/s1. The number of aromatic nitrogens is 2. The smallest absolute Gasteiger partial charge is 0.410 e. The molecule has 0 aliphatic carbocycles. The van der Waals surface area contributed by atoms with Crippen LogP contribution in [0.5, 0.6) is 5.75 Å². The average molecular weight is 524 g/mol. The number of β-amino-alcohol motifs (C(OH)–C–C–N with tert-alkyl or cyclic N) is 1. The summed E-state index contributed by atoms with van der Waals surface area (Å²) in [6.07, 6.45) is 3.00. The number of rotatable bonds is 5. The molecule has 1 aromatic heterocycles. The largest absolute Gasteiger partial charge is 0.488 e. The van der Waals surface area contributed by atoms with Crippen LogP contribution in [-0.4, -0.2) is 70.1 Å². The normalized spacial score (nSPS) is 18.6. The lowest BCUT2D eigenvalue weighted by molar-refractivity contribution is 0.0127. The molecule has 2 aliphatic heterocycles. The number of nitrogens with one attached hydrogen (secondary N) is 1. The number of nitrogens with zero attached hydrogens (tertiary/aromatic N) is 4. The highest BCUT2D eigenvalue weighted by Gasteiger charge is 2.29. The van der Waals surface area contributed by atoms with Crippen molar-refractivity contribution in [3.8, 4) is 5.75 Å². The number of ether oxygens (including phenoxy) is 2. The Balaban J connectivity index is 1.36. The van der Waals surface area contributed by atoms with Crippen LogP contribution in [0.3, 0.4) is 0 Å². The zero-order valence-electron chi connectivity index (χ0n) is 22.0. The maximum atomic E-state index is 13.6. The van der Waals surface area contributed by atoms with E-state index in [0.29, 0.717) is 61.8 Å². The molecule has 3 aromatic rings. The maximum absolute atomic E-state index is 13.6. The van der Waals surface area contributed by atoms with Crippen molar-refractivity contribution in [1.29, 1.82) is 0 Å². The summed E-state index contributed by atoms with van der Waals surface area (Å²) in [5, 5.41) is 14.0. The number of aliphatic hydroxyl groups excluding tert-OH is 1. The Bertz CT molecular complexity index is 1310. The molecule has 38 heavy (non-hydrogen) atoms. The fraction of sp³-hybridized carbons (Fsp3) is 0.464. The molecule has 9 nitrogen and oxygen atoms in total. The molecule has 0 radical (unpaired) electrons. The number of carbonyl (C=O) groups excluding carboxylic acids is 1. The minimum Gasteiger partial charge on any atom is -0.488 e. The molecule has 0 unspecified atom stereocenters. The third kappa shape index (κ3) is 6.24. The molecule has 2 aliphatic rings. The van der Waals surface area contributed by atoms with Gasteiger partial charge in [0.1, 0.15) is 23.3 Å². The molecule has 0 saturated carbocycles. The lowest BCUT2D eigenvalue weighted by Gasteiger charge is -2.34. The molecule has 2 aromatic carbocycles. The van der Waals surface area contributed by atoms with Gasteiger partial charge in [-0.2, -0.15) is 0 Å². The van der Waals surface area contributed by atoms with Crippen molar-refractivity contribution >= 4 is 34.3 Å². The Morgan fingerprint density at radius 2 is 1.92 bits per heavy atom. The van der Waals surface area contributed by atoms with Gasteiger partial charge >= 0.3 is 6.09 Å². The fourth-order valence-corrected chi connectivity index (χ4v) is 4.77. The SMILES string of the molecule is CC(C)(C)OC(=O)N1CCC(Oc2cc3nc(Nc4cccc(F)c4)ncc3cc2N2CC[C@@H](O)C2)CC1. The van der Waals surface area contributed by atoms with Crippen LogP contribution in [-0.2, 0) is 4.74 Å². The number of aliphatic hydroxyl groups is 1. The molecule has 2 saturated heterocycles. The maximum Gasteiger partial charge on any atom is 0.410 e. The first-order valence-electron chi connectivity index (χ1n) is 13.0. The van der Waals surface area contributed by atoms with Gasteiger partial charge in [-0.15, -0.1) is 0 Å². The summed E-state index contributed by atoms with van der Waals surface area (Å²) in [5.74, 6) is 0.684. The zero-order valence-corrected chi connectivity index (χ0v) is 22.0. The van der Waals surface area contributed by atoms with Crippen LogP contribution in [0.4, 0.5) is 26.5 Å². The van der Waals surface area contributed by atoms with Crippen LogP contribution in [0.15, 0.2) is 42.6 Å². The summed E-state index contributed by atoms with van der Waals surface area (Å²) in [7, 11) is 0. The molecular weight excluding hydrogens is 489 g/mol. The molecule has 10 heteroatoms. The van der Waals surface area contributed by atoms with Crippen molar-refractivity contribution in [2.45, 2.75) is 57.8 Å². The van der Waals surface area contributed by atoms with Gasteiger partial charge in [-0.1, -0.05) is 6.07 Å². The van der Waals surface area contributed by atoms with E-state index in [1.807, 2.05) is 32.9 Å². The first-order valence-corrected chi connectivity index (χ1v) is 13.0. The van der Waals surface area contributed by atoms with Gasteiger partial charge in [-0.25, -0.2) is 19.2 Å². The van der Waals surface area contributed by atoms with Crippen LogP contribution in [0, 0.1) is 5.82 Å². The molecule has 2 fully saturated rings. The average Bonchev–Trinajstić information content (AvgIpc) is 3.29. The first kappa shape index (κ1) is 26.0. The molecule has 1 atom stereocenters. The van der Waals surface area contributed by atoms with Gasteiger partial charge in [-0.3, -0.25) is 0 Å². The molecule has 202 valence electrons. The lowest BCUT2D eigenvalue weighted by atomic mass is 10.1. The van der Waals surface area contributed by atoms with E-state index >= 15 is 0 Å². The van der Waals surface area contributed by atoms with Crippen LogP contribution in [0.2, 0.25) is 0 Å². The lowest BCUT2D eigenvalue weighted by Crippen LogP contribution is -2.44. The van der Waals surface area contributed by atoms with E-state index in [9.17, 15) is 14.3 Å². The Labute approximate surface area is 221 Å². The topological polar surface area (TPSA) is 100 Å². The number of halogens is 1. The Morgan fingerprint density at radius 3 is 2.61 bits per heavy atom. The number of piperidine rings is 1. The second-order valence-electron chi connectivity index (χ2n) is 10.9. The Morgan fingerprint density at radius 1 is 1.13 bits per heavy atom. The van der Waals surface area contributed by atoms with E-state index in [-0.39, 0.29) is 24.1 Å². The monoisotopic (exact) mass is 523 g/mol. The second kappa shape index (κ2) is 10.6. The quantitative estimate of drug-likeness (QED) is 0.489. The Hall–Kier alpha value is -3.66. The molecular formula is C28H34FN5O4. The van der Waals surface area contributed by atoms with Crippen LogP contribution in [0.1, 0.15) is 40.0 Å². The van der Waals surface area contributed by atoms with E-state index < -0.39 is 5.60 Å². The highest BCUT2D eigenvalue weighted by atomic mass is 19.1. The molecule has 3 heterocycles. The fourth-order valence-electron chi connectivity index (χ4n) is 4.77. The van der Waals surface area contributed by atoms with Crippen LogP contribution < -0.4 is 15.0 Å². The van der Waals surface area contributed by atoms with Gasteiger partial charge in [0.25, 0.3) is 0 Å². The van der Waals surface area contributed by atoms with Crippen molar-refractivity contribution in [3.05, 3.63) is 48.4 Å². The van der Waals surface area contributed by atoms with E-state index in [1.54, 1.807) is 23.2 Å². The summed E-state index contributed by atoms with van der Waals surface area (Å²) in [5.41, 5.74) is 1.59. The number of amides is 1. The predicted molar refractivity (Wildman–Crippen MR) is 144 cm³/mol. The number of fused-ring (bicyclic) bond motifs is 1. The summed E-state index contributed by atoms with van der Waals surface area (Å²) < 4.78 is 25.6. The van der Waals surface area contributed by atoms with Crippen LogP contribution >= 0.6 is 0 Å². The van der Waals surface area contributed by atoms with Gasteiger partial charge in [0, 0.05) is 62.4 Å². The summed E-state index contributed by atoms with van der Waals surface area (Å²) in [4.78, 5) is 25.4. The first-order chi connectivity index (χ1) is 18.1. The van der Waals surface area contributed by atoms with Gasteiger partial charge in [0.15, 0.2) is 0 Å². The number of likely N-dealkylation sites (tertiary alicyclic amines) is 1. The highest BCUT2D eigenvalue weighted by Crippen LogP contribution is 2.37. The minimum absolute atomic E-state index is 0.0795. The van der Waals surface area contributed by atoms with Gasteiger partial charge in [0.2, 0.25) is 5.95 Å².